The molecule has 1 aliphatic heterocycles. The van der Waals surface area contributed by atoms with Crippen LogP contribution in [0.15, 0.2) is 29.2 Å². The molecule has 0 unspecified atom stereocenters. The molecule has 0 atom stereocenters. The molecule has 0 fully saturated rings. The second kappa shape index (κ2) is 5.80. The first-order valence-electron chi connectivity index (χ1n) is 6.50. The summed E-state index contributed by atoms with van der Waals surface area (Å²) in [7, 11) is -5.26. The number of hydrogen-bond acceptors (Lipinski definition) is 4. The Balaban J connectivity index is 1.96. The van der Waals surface area contributed by atoms with Gasteiger partial charge in [0.15, 0.2) is 28.2 Å². The van der Waals surface area contributed by atoms with E-state index in [4.69, 9.17) is 0 Å². The highest BCUT2D eigenvalue weighted by Crippen LogP contribution is 2.30. The lowest BCUT2D eigenvalue weighted by atomic mass is 10.1. The summed E-state index contributed by atoms with van der Waals surface area (Å²) in [5.41, 5.74) is 1.43. The standard InChI is InChI=1S/C14H8F5NO3S/c15-9-10(16)12(18)14(13(19)11(9)17)24(21,22)23-20-5-7-3-1-2-4-8(7)6-20/h1-4H,5-6H2. The van der Waals surface area contributed by atoms with Crippen molar-refractivity contribution in [2.45, 2.75) is 18.0 Å². The number of hydroxylamine groups is 2. The monoisotopic (exact) mass is 365 g/mol. The van der Waals surface area contributed by atoms with Gasteiger partial charge in [0.05, 0.1) is 13.1 Å². The molecule has 1 heterocycles. The molecule has 2 aromatic rings. The fourth-order valence-electron chi connectivity index (χ4n) is 2.33. The topological polar surface area (TPSA) is 46.6 Å². The molecule has 0 saturated heterocycles. The third-order valence-corrected chi connectivity index (χ3v) is 4.70. The summed E-state index contributed by atoms with van der Waals surface area (Å²) in [5.74, 6) is -12.1. The maximum Gasteiger partial charge on any atom is 0.319 e. The van der Waals surface area contributed by atoms with Crippen molar-refractivity contribution in [1.82, 2.24) is 5.06 Å². The largest absolute Gasteiger partial charge is 0.319 e. The minimum Gasteiger partial charge on any atom is -0.202 e. The lowest BCUT2D eigenvalue weighted by Gasteiger charge is -2.15. The molecule has 10 heteroatoms. The highest BCUT2D eigenvalue weighted by molar-refractivity contribution is 7.86. The molecule has 128 valence electrons. The summed E-state index contributed by atoms with van der Waals surface area (Å²) in [6.07, 6.45) is 0. The van der Waals surface area contributed by atoms with Gasteiger partial charge in [0.1, 0.15) is 0 Å². The Morgan fingerprint density at radius 1 is 0.792 bits per heavy atom. The summed E-state index contributed by atoms with van der Waals surface area (Å²) < 4.78 is 95.1. The zero-order valence-corrected chi connectivity index (χ0v) is 12.5. The highest BCUT2D eigenvalue weighted by atomic mass is 32.2. The number of fused-ring (bicyclic) bond motifs is 1. The van der Waals surface area contributed by atoms with Crippen LogP contribution >= 0.6 is 0 Å². The predicted molar refractivity (Wildman–Crippen MR) is 70.2 cm³/mol. The maximum atomic E-state index is 13.6. The van der Waals surface area contributed by atoms with Gasteiger partial charge in [0.25, 0.3) is 0 Å². The van der Waals surface area contributed by atoms with Crippen molar-refractivity contribution >= 4 is 10.1 Å². The normalized spacial score (nSPS) is 14.9. The lowest BCUT2D eigenvalue weighted by molar-refractivity contribution is -0.0577. The average Bonchev–Trinajstić information content (AvgIpc) is 2.92. The van der Waals surface area contributed by atoms with E-state index in [1.165, 1.54) is 0 Å². The van der Waals surface area contributed by atoms with Gasteiger partial charge in [-0.15, -0.1) is 0 Å². The molecule has 0 saturated carbocycles. The molecule has 3 rings (SSSR count). The van der Waals surface area contributed by atoms with Crippen molar-refractivity contribution in [1.29, 1.82) is 0 Å². The van der Waals surface area contributed by atoms with Crippen LogP contribution in [0.5, 0.6) is 0 Å². The van der Waals surface area contributed by atoms with E-state index in [-0.39, 0.29) is 13.1 Å². The van der Waals surface area contributed by atoms with Gasteiger partial charge in [-0.3, -0.25) is 0 Å². The second-order valence-corrected chi connectivity index (χ2v) is 6.46. The Bertz CT molecular complexity index is 878. The molecule has 0 bridgehead atoms. The SMILES string of the molecule is O=S(=O)(ON1Cc2ccccc2C1)c1c(F)c(F)c(F)c(F)c1F. The van der Waals surface area contributed by atoms with Crippen molar-refractivity contribution in [3.05, 3.63) is 64.5 Å². The summed E-state index contributed by atoms with van der Waals surface area (Å²) in [4.78, 5) is -2.02. The van der Waals surface area contributed by atoms with Crippen molar-refractivity contribution in [2.75, 3.05) is 0 Å². The van der Waals surface area contributed by atoms with Crippen LogP contribution in [-0.4, -0.2) is 13.5 Å². The van der Waals surface area contributed by atoms with E-state index in [2.05, 4.69) is 4.28 Å². The number of rotatable bonds is 3. The highest BCUT2D eigenvalue weighted by Gasteiger charge is 2.36. The fourth-order valence-corrected chi connectivity index (χ4v) is 3.41. The van der Waals surface area contributed by atoms with Crippen molar-refractivity contribution in [3.63, 3.8) is 0 Å². The summed E-state index contributed by atoms with van der Waals surface area (Å²) in [6.45, 7) is -0.0460. The second-order valence-electron chi connectivity index (χ2n) is 4.99. The molecule has 1 aliphatic rings. The third-order valence-electron chi connectivity index (χ3n) is 3.43. The first-order chi connectivity index (χ1) is 11.2. The van der Waals surface area contributed by atoms with Crippen LogP contribution in [0.2, 0.25) is 0 Å². The Morgan fingerprint density at radius 2 is 1.21 bits per heavy atom. The van der Waals surface area contributed by atoms with E-state index in [9.17, 15) is 30.4 Å². The Labute approximate surface area is 133 Å². The van der Waals surface area contributed by atoms with Crippen LogP contribution in [-0.2, 0) is 27.5 Å². The van der Waals surface area contributed by atoms with Gasteiger partial charge in [0.2, 0.25) is 5.82 Å². The fraction of sp³-hybridized carbons (Fsp3) is 0.143. The first kappa shape index (κ1) is 16.8. The van der Waals surface area contributed by atoms with E-state index < -0.39 is 44.1 Å². The Kier molecular flexibility index (Phi) is 4.06. The Hall–Kier alpha value is -2.04. The van der Waals surface area contributed by atoms with Crippen molar-refractivity contribution < 1.29 is 34.7 Å². The van der Waals surface area contributed by atoms with Gasteiger partial charge in [-0.25, -0.2) is 22.0 Å². The molecule has 0 amide bonds. The Morgan fingerprint density at radius 3 is 1.67 bits per heavy atom. The van der Waals surface area contributed by atoms with Crippen LogP contribution in [0.25, 0.3) is 0 Å². The van der Waals surface area contributed by atoms with Crippen LogP contribution in [0.4, 0.5) is 22.0 Å². The molecule has 2 aromatic carbocycles. The van der Waals surface area contributed by atoms with Gasteiger partial charge >= 0.3 is 10.1 Å². The van der Waals surface area contributed by atoms with Crippen LogP contribution in [0, 0.1) is 29.1 Å². The molecule has 0 radical (unpaired) electrons. The quantitative estimate of drug-likeness (QED) is 0.477. The summed E-state index contributed by atoms with van der Waals surface area (Å²) >= 11 is 0. The van der Waals surface area contributed by atoms with E-state index in [1.54, 1.807) is 24.3 Å². The van der Waals surface area contributed by atoms with Gasteiger partial charge in [-0.05, 0) is 11.1 Å². The number of halogens is 5. The molecular formula is C14H8F5NO3S. The van der Waals surface area contributed by atoms with Gasteiger partial charge in [-0.1, -0.05) is 24.3 Å². The van der Waals surface area contributed by atoms with E-state index in [1.807, 2.05) is 0 Å². The molecular weight excluding hydrogens is 357 g/mol. The molecule has 0 N–H and O–H groups in total. The third kappa shape index (κ3) is 2.66. The smallest absolute Gasteiger partial charge is 0.202 e. The maximum absolute atomic E-state index is 13.6. The summed E-state index contributed by atoms with van der Waals surface area (Å²) in [6, 6.07) is 6.76. The average molecular weight is 365 g/mol. The lowest BCUT2D eigenvalue weighted by Crippen LogP contribution is -2.24. The van der Waals surface area contributed by atoms with Crippen LogP contribution < -0.4 is 0 Å². The first-order valence-corrected chi connectivity index (χ1v) is 7.91. The van der Waals surface area contributed by atoms with Gasteiger partial charge in [-0.2, -0.15) is 17.8 Å². The number of hydrogen-bond donors (Lipinski definition) is 0. The predicted octanol–water partition coefficient (Wildman–Crippen LogP) is 3.02. The summed E-state index contributed by atoms with van der Waals surface area (Å²) in [5, 5.41) is 0.845. The molecule has 24 heavy (non-hydrogen) atoms. The molecule has 4 nitrogen and oxygen atoms in total. The van der Waals surface area contributed by atoms with Gasteiger partial charge < -0.3 is 0 Å². The molecule has 0 spiro atoms. The van der Waals surface area contributed by atoms with E-state index in [0.717, 1.165) is 5.06 Å². The van der Waals surface area contributed by atoms with Crippen molar-refractivity contribution in [3.8, 4) is 0 Å². The minimum absolute atomic E-state index is 0.0230. The van der Waals surface area contributed by atoms with Crippen LogP contribution in [0.3, 0.4) is 0 Å². The molecule has 0 aliphatic carbocycles. The zero-order chi connectivity index (χ0) is 17.6. The van der Waals surface area contributed by atoms with E-state index >= 15 is 0 Å². The molecule has 0 aromatic heterocycles. The van der Waals surface area contributed by atoms with E-state index in [0.29, 0.717) is 11.1 Å². The van der Waals surface area contributed by atoms with Crippen LogP contribution in [0.1, 0.15) is 11.1 Å². The zero-order valence-electron chi connectivity index (χ0n) is 11.7. The number of nitrogens with zero attached hydrogens (tertiary/aromatic N) is 1. The minimum atomic E-state index is -5.26. The van der Waals surface area contributed by atoms with Gasteiger partial charge in [0, 0.05) is 0 Å². The van der Waals surface area contributed by atoms with Crippen molar-refractivity contribution in [2.24, 2.45) is 0 Å². The number of benzene rings is 2.